The van der Waals surface area contributed by atoms with Crippen molar-refractivity contribution in [3.8, 4) is 11.1 Å². The molecule has 1 nitrogen and oxygen atoms in total. The fraction of sp³-hybridized carbons (Fsp3) is 0.308. The Morgan fingerprint density at radius 3 is 1.78 bits per heavy atom. The molecular weight excluding hydrogens is 328 g/mol. The van der Waals surface area contributed by atoms with E-state index >= 15 is 0 Å². The molecule has 0 saturated carbocycles. The fourth-order valence-corrected chi connectivity index (χ4v) is 3.57. The van der Waals surface area contributed by atoms with Crippen molar-refractivity contribution in [2.45, 2.75) is 52.4 Å². The van der Waals surface area contributed by atoms with Crippen molar-refractivity contribution >= 4 is 21.9 Å². The molecule has 0 aliphatic heterocycles. The van der Waals surface area contributed by atoms with Crippen LogP contribution in [-0.4, -0.2) is 0 Å². The molecule has 0 amide bonds. The van der Waals surface area contributed by atoms with Gasteiger partial charge in [-0.1, -0.05) is 84.0 Å². The highest BCUT2D eigenvalue weighted by Crippen LogP contribution is 2.36. The van der Waals surface area contributed by atoms with Gasteiger partial charge in [-0.15, -0.1) is 0 Å². The lowest BCUT2D eigenvalue weighted by atomic mass is 9.79. The largest absolute Gasteiger partial charge is 0.456 e. The van der Waals surface area contributed by atoms with Crippen molar-refractivity contribution < 1.29 is 4.42 Å². The van der Waals surface area contributed by atoms with Crippen molar-refractivity contribution in [2.75, 3.05) is 0 Å². The van der Waals surface area contributed by atoms with Crippen molar-refractivity contribution in [2.24, 2.45) is 0 Å². The molecule has 138 valence electrons. The first kappa shape index (κ1) is 17.9. The summed E-state index contributed by atoms with van der Waals surface area (Å²) in [6.45, 7) is 13.7. The van der Waals surface area contributed by atoms with Crippen molar-refractivity contribution in [1.82, 2.24) is 0 Å². The molecule has 1 heteroatoms. The molecule has 0 unspecified atom stereocenters. The van der Waals surface area contributed by atoms with Gasteiger partial charge in [0.05, 0.1) is 0 Å². The van der Waals surface area contributed by atoms with Gasteiger partial charge in [0.25, 0.3) is 0 Å². The maximum Gasteiger partial charge on any atom is 0.135 e. The van der Waals surface area contributed by atoms with E-state index in [2.05, 4.69) is 90.1 Å². The lowest BCUT2D eigenvalue weighted by Crippen LogP contribution is -2.16. The first-order valence-corrected chi connectivity index (χ1v) is 9.71. The number of fused-ring (bicyclic) bond motifs is 3. The maximum absolute atomic E-state index is 6.00. The monoisotopic (exact) mass is 356 g/mol. The van der Waals surface area contributed by atoms with Crippen LogP contribution in [0.5, 0.6) is 0 Å². The summed E-state index contributed by atoms with van der Waals surface area (Å²) >= 11 is 0. The van der Waals surface area contributed by atoms with E-state index in [1.165, 1.54) is 33.0 Å². The summed E-state index contributed by atoms with van der Waals surface area (Å²) in [4.78, 5) is 0. The number of hydrogen-bond acceptors (Lipinski definition) is 1. The molecule has 0 saturated heterocycles. The third-order valence-electron chi connectivity index (χ3n) is 5.38. The lowest BCUT2D eigenvalue weighted by Gasteiger charge is -2.26. The number of rotatable bonds is 1. The normalized spacial score (nSPS) is 12.8. The Kier molecular flexibility index (Phi) is 3.96. The van der Waals surface area contributed by atoms with Crippen molar-refractivity contribution in [3.63, 3.8) is 0 Å². The van der Waals surface area contributed by atoms with Crippen LogP contribution >= 0.6 is 0 Å². The second-order valence-electron chi connectivity index (χ2n) is 9.61. The van der Waals surface area contributed by atoms with Crippen LogP contribution in [0.15, 0.2) is 65.1 Å². The first-order valence-electron chi connectivity index (χ1n) is 9.71. The number of para-hydroxylation sites is 1. The standard InChI is InChI=1S/C26H28O/c1-25(2,3)19-13-18(14-20(16-19)26(4,5)6)17-11-12-24-22(15-17)21-9-7-8-10-23(21)27-24/h7-16H,1-6H3. The molecule has 1 aromatic heterocycles. The van der Waals surface area contributed by atoms with Crippen LogP contribution in [0.4, 0.5) is 0 Å². The van der Waals surface area contributed by atoms with E-state index in [0.29, 0.717) is 0 Å². The van der Waals surface area contributed by atoms with E-state index in [0.717, 1.165) is 11.2 Å². The summed E-state index contributed by atoms with van der Waals surface area (Å²) in [6, 6.07) is 21.9. The van der Waals surface area contributed by atoms with Gasteiger partial charge in [0, 0.05) is 10.8 Å². The van der Waals surface area contributed by atoms with E-state index in [-0.39, 0.29) is 10.8 Å². The molecule has 0 aliphatic carbocycles. The quantitative estimate of drug-likeness (QED) is 0.338. The minimum absolute atomic E-state index is 0.114. The Labute approximate surface area is 162 Å². The number of benzene rings is 3. The Morgan fingerprint density at radius 2 is 1.15 bits per heavy atom. The van der Waals surface area contributed by atoms with E-state index in [1.807, 2.05) is 12.1 Å². The predicted molar refractivity (Wildman–Crippen MR) is 117 cm³/mol. The van der Waals surface area contributed by atoms with E-state index in [4.69, 9.17) is 4.42 Å². The summed E-state index contributed by atoms with van der Waals surface area (Å²) in [5, 5.41) is 2.36. The number of furan rings is 1. The van der Waals surface area contributed by atoms with Crippen molar-refractivity contribution in [3.05, 3.63) is 71.8 Å². The van der Waals surface area contributed by atoms with Crippen LogP contribution in [0.1, 0.15) is 52.7 Å². The van der Waals surface area contributed by atoms with E-state index in [1.54, 1.807) is 0 Å². The Balaban J connectivity index is 1.95. The highest BCUT2D eigenvalue weighted by molar-refractivity contribution is 6.06. The zero-order valence-electron chi connectivity index (χ0n) is 17.2. The predicted octanol–water partition coefficient (Wildman–Crippen LogP) is 7.85. The summed E-state index contributed by atoms with van der Waals surface area (Å²) < 4.78 is 6.00. The van der Waals surface area contributed by atoms with E-state index in [9.17, 15) is 0 Å². The van der Waals surface area contributed by atoms with Gasteiger partial charge in [-0.3, -0.25) is 0 Å². The van der Waals surface area contributed by atoms with Crippen LogP contribution in [0.3, 0.4) is 0 Å². The zero-order valence-corrected chi connectivity index (χ0v) is 17.2. The molecule has 0 aliphatic rings. The van der Waals surface area contributed by atoms with Gasteiger partial charge < -0.3 is 4.42 Å². The molecule has 0 fully saturated rings. The third kappa shape index (κ3) is 3.27. The molecule has 0 radical (unpaired) electrons. The van der Waals surface area contributed by atoms with Crippen LogP contribution < -0.4 is 0 Å². The van der Waals surface area contributed by atoms with Gasteiger partial charge in [-0.2, -0.15) is 0 Å². The van der Waals surface area contributed by atoms with Gasteiger partial charge in [-0.05, 0) is 51.3 Å². The van der Waals surface area contributed by atoms with E-state index < -0.39 is 0 Å². The summed E-state index contributed by atoms with van der Waals surface area (Å²) in [6.07, 6.45) is 0. The fourth-order valence-electron chi connectivity index (χ4n) is 3.57. The van der Waals surface area contributed by atoms with Crippen LogP contribution in [0.2, 0.25) is 0 Å². The Bertz CT molecular complexity index is 1100. The maximum atomic E-state index is 6.00. The highest BCUT2D eigenvalue weighted by Gasteiger charge is 2.21. The molecule has 4 aromatic rings. The summed E-state index contributed by atoms with van der Waals surface area (Å²) in [5.41, 5.74) is 7.39. The Hall–Kier alpha value is -2.54. The molecular formula is C26H28O. The topological polar surface area (TPSA) is 13.1 Å². The van der Waals surface area contributed by atoms with Gasteiger partial charge in [0.2, 0.25) is 0 Å². The van der Waals surface area contributed by atoms with Gasteiger partial charge in [-0.25, -0.2) is 0 Å². The molecule has 0 atom stereocenters. The van der Waals surface area contributed by atoms with Gasteiger partial charge >= 0.3 is 0 Å². The second-order valence-corrected chi connectivity index (χ2v) is 9.61. The summed E-state index contributed by atoms with van der Waals surface area (Å²) in [5.74, 6) is 0. The number of hydrogen-bond donors (Lipinski definition) is 0. The minimum atomic E-state index is 0.114. The SMILES string of the molecule is CC(C)(C)c1cc(-c2ccc3oc4ccccc4c3c2)cc(C(C)(C)C)c1. The van der Waals surface area contributed by atoms with Crippen LogP contribution in [-0.2, 0) is 10.8 Å². The van der Waals surface area contributed by atoms with Crippen LogP contribution in [0.25, 0.3) is 33.1 Å². The van der Waals surface area contributed by atoms with Crippen molar-refractivity contribution in [1.29, 1.82) is 0 Å². The lowest BCUT2D eigenvalue weighted by molar-refractivity contribution is 0.569. The molecule has 0 bridgehead atoms. The second kappa shape index (κ2) is 5.99. The average Bonchev–Trinajstić information content (AvgIpc) is 2.97. The van der Waals surface area contributed by atoms with Gasteiger partial charge in [0.1, 0.15) is 11.2 Å². The molecule has 0 spiro atoms. The summed E-state index contributed by atoms with van der Waals surface area (Å²) in [7, 11) is 0. The highest BCUT2D eigenvalue weighted by atomic mass is 16.3. The first-order chi connectivity index (χ1) is 12.6. The van der Waals surface area contributed by atoms with Crippen LogP contribution in [0, 0.1) is 0 Å². The average molecular weight is 357 g/mol. The smallest absolute Gasteiger partial charge is 0.135 e. The minimum Gasteiger partial charge on any atom is -0.456 e. The molecule has 3 aromatic carbocycles. The molecule has 0 N–H and O–H groups in total. The molecule has 1 heterocycles. The third-order valence-corrected chi connectivity index (χ3v) is 5.38. The van der Waals surface area contributed by atoms with Gasteiger partial charge in [0.15, 0.2) is 0 Å². The zero-order chi connectivity index (χ0) is 19.4. The Morgan fingerprint density at radius 1 is 0.556 bits per heavy atom. The molecule has 4 rings (SSSR count). The molecule has 27 heavy (non-hydrogen) atoms.